The van der Waals surface area contributed by atoms with Crippen molar-refractivity contribution in [3.8, 4) is 50.6 Å². The summed E-state index contributed by atoms with van der Waals surface area (Å²) in [5, 5.41) is 5.85. The van der Waals surface area contributed by atoms with Crippen LogP contribution in [0.1, 0.15) is 0 Å². The second-order valence-electron chi connectivity index (χ2n) is 16.2. The van der Waals surface area contributed by atoms with Crippen LogP contribution in [-0.4, -0.2) is 14.5 Å². The molecule has 12 rings (SSSR count). The van der Waals surface area contributed by atoms with E-state index < -0.39 is 0 Å². The van der Waals surface area contributed by atoms with Crippen molar-refractivity contribution >= 4 is 60.5 Å². The number of aromatic nitrogens is 3. The van der Waals surface area contributed by atoms with Gasteiger partial charge in [0, 0.05) is 49.7 Å². The van der Waals surface area contributed by atoms with Crippen LogP contribution in [0.3, 0.4) is 0 Å². The van der Waals surface area contributed by atoms with Crippen molar-refractivity contribution in [2.24, 2.45) is 0 Å². The Morgan fingerprint density at radius 1 is 0.328 bits per heavy atom. The van der Waals surface area contributed by atoms with Crippen LogP contribution in [0.4, 0.5) is 17.1 Å². The molecule has 10 aromatic carbocycles. The van der Waals surface area contributed by atoms with Gasteiger partial charge in [0.05, 0.1) is 27.9 Å². The van der Waals surface area contributed by atoms with Crippen molar-refractivity contribution in [1.29, 1.82) is 0 Å². The van der Waals surface area contributed by atoms with Crippen LogP contribution in [0.15, 0.2) is 243 Å². The molecule has 0 atom stereocenters. The quantitative estimate of drug-likeness (QED) is 0.153. The van der Waals surface area contributed by atoms with Crippen LogP contribution in [0.2, 0.25) is 0 Å². The Labute approximate surface area is 371 Å². The molecule has 64 heavy (non-hydrogen) atoms. The zero-order chi connectivity index (χ0) is 42.4. The molecule has 0 amide bonds. The first-order valence-corrected chi connectivity index (χ1v) is 21.7. The van der Waals surface area contributed by atoms with Crippen molar-refractivity contribution < 1.29 is 0 Å². The molecule has 2 heterocycles. The van der Waals surface area contributed by atoms with E-state index in [0.29, 0.717) is 5.82 Å². The summed E-state index contributed by atoms with van der Waals surface area (Å²) in [6.45, 7) is 0. The molecular formula is C60H40N4. The molecule has 0 aliphatic rings. The Bertz CT molecular complexity index is 3660. The maximum absolute atomic E-state index is 5.27. The molecule has 0 aliphatic carbocycles. The van der Waals surface area contributed by atoms with Gasteiger partial charge in [-0.25, -0.2) is 9.97 Å². The van der Waals surface area contributed by atoms with Gasteiger partial charge in [-0.3, -0.25) is 0 Å². The molecule has 12 aromatic rings. The second-order valence-corrected chi connectivity index (χ2v) is 16.2. The Hall–Kier alpha value is -8.60. The average molecular weight is 817 g/mol. The molecule has 0 N–H and O–H groups in total. The van der Waals surface area contributed by atoms with Gasteiger partial charge in [-0.05, 0) is 88.3 Å². The summed E-state index contributed by atoms with van der Waals surface area (Å²) >= 11 is 0. The molecule has 0 saturated carbocycles. The van der Waals surface area contributed by atoms with Crippen LogP contribution >= 0.6 is 0 Å². The van der Waals surface area contributed by atoms with Gasteiger partial charge in [0.2, 0.25) is 0 Å². The first-order valence-electron chi connectivity index (χ1n) is 21.7. The number of hydrogen-bond acceptors (Lipinski definition) is 3. The van der Waals surface area contributed by atoms with Crippen LogP contribution in [0.5, 0.6) is 0 Å². The molecule has 0 radical (unpaired) electrons. The van der Waals surface area contributed by atoms with Crippen molar-refractivity contribution in [3.05, 3.63) is 243 Å². The van der Waals surface area contributed by atoms with E-state index in [2.05, 4.69) is 240 Å². The maximum atomic E-state index is 5.27. The molecule has 300 valence electrons. The normalized spacial score (nSPS) is 11.4. The zero-order valence-electron chi connectivity index (χ0n) is 34.9. The van der Waals surface area contributed by atoms with Gasteiger partial charge in [0.1, 0.15) is 0 Å². The van der Waals surface area contributed by atoms with E-state index in [-0.39, 0.29) is 0 Å². The Kier molecular flexibility index (Phi) is 9.12. The van der Waals surface area contributed by atoms with Crippen molar-refractivity contribution in [1.82, 2.24) is 14.5 Å². The smallest absolute Gasteiger partial charge is 0.160 e. The molecule has 0 saturated heterocycles. The Morgan fingerprint density at radius 2 is 0.906 bits per heavy atom. The average Bonchev–Trinajstić information content (AvgIpc) is 3.71. The molecule has 0 unspecified atom stereocenters. The fourth-order valence-corrected chi connectivity index (χ4v) is 9.32. The summed E-state index contributed by atoms with van der Waals surface area (Å²) in [6.07, 6.45) is 0. The minimum atomic E-state index is 0.698. The highest BCUT2D eigenvalue weighted by Gasteiger charge is 2.19. The Morgan fingerprint density at radius 3 is 1.77 bits per heavy atom. The number of fused-ring (bicyclic) bond motifs is 5. The van der Waals surface area contributed by atoms with E-state index >= 15 is 0 Å². The van der Waals surface area contributed by atoms with Gasteiger partial charge in [0.25, 0.3) is 0 Å². The lowest BCUT2D eigenvalue weighted by Gasteiger charge is -2.27. The SMILES string of the molecule is c1ccc(-c2ccc(-c3nc(-c4cccc(-c5ccc6c7ccccc7n(-c7cccc(N(c8ccccc8)c8cccc9ccccc89)c7)c6c5)c4)nc4ccccc34)cc2)cc1. The minimum absolute atomic E-state index is 0.698. The molecular weight excluding hydrogens is 777 g/mol. The number of nitrogens with zero attached hydrogens (tertiary/aromatic N) is 4. The van der Waals surface area contributed by atoms with Gasteiger partial charge in [0.15, 0.2) is 5.82 Å². The van der Waals surface area contributed by atoms with Crippen LogP contribution < -0.4 is 4.90 Å². The predicted octanol–water partition coefficient (Wildman–Crippen LogP) is 16.0. The number of rotatable bonds is 8. The molecule has 0 aliphatic heterocycles. The standard InChI is InChI=1S/C60H40N4/c1-3-16-41(17-4-1)42-32-34-44(35-33-42)59-54-28-9-11-29-55(54)61-60(62-59)47-21-13-20-45(38-47)46-36-37-53-52-27-10-12-30-57(52)64(58(53)39-46)50-25-15-24-49(40-50)63(48-22-5-2-6-23-48)56-31-14-19-43-18-7-8-26-51(43)56/h1-40H. The highest BCUT2D eigenvalue weighted by Crippen LogP contribution is 2.41. The van der Waals surface area contributed by atoms with Crippen LogP contribution in [-0.2, 0) is 0 Å². The van der Waals surface area contributed by atoms with E-state index in [1.54, 1.807) is 0 Å². The predicted molar refractivity (Wildman–Crippen MR) is 268 cm³/mol. The number of para-hydroxylation sites is 3. The van der Waals surface area contributed by atoms with Crippen LogP contribution in [0, 0.1) is 0 Å². The second kappa shape index (κ2) is 15.7. The van der Waals surface area contributed by atoms with Crippen molar-refractivity contribution in [3.63, 3.8) is 0 Å². The van der Waals surface area contributed by atoms with Crippen LogP contribution in [0.25, 0.3) is 94.1 Å². The van der Waals surface area contributed by atoms with E-state index in [1.165, 1.54) is 32.7 Å². The number of benzene rings is 10. The molecule has 0 bridgehead atoms. The Balaban J connectivity index is 0.968. The summed E-state index contributed by atoms with van der Waals surface area (Å²) in [7, 11) is 0. The molecule has 2 aromatic heterocycles. The van der Waals surface area contributed by atoms with Gasteiger partial charge < -0.3 is 9.47 Å². The summed E-state index contributed by atoms with van der Waals surface area (Å²) in [5.41, 5.74) is 15.1. The van der Waals surface area contributed by atoms with E-state index in [0.717, 1.165) is 72.6 Å². The first-order chi connectivity index (χ1) is 31.7. The summed E-state index contributed by atoms with van der Waals surface area (Å²) in [4.78, 5) is 12.8. The summed E-state index contributed by atoms with van der Waals surface area (Å²) < 4.78 is 2.41. The maximum Gasteiger partial charge on any atom is 0.160 e. The third-order valence-corrected chi connectivity index (χ3v) is 12.4. The van der Waals surface area contributed by atoms with E-state index in [1.807, 2.05) is 12.1 Å². The fraction of sp³-hybridized carbons (Fsp3) is 0. The zero-order valence-corrected chi connectivity index (χ0v) is 34.9. The fourth-order valence-electron chi connectivity index (χ4n) is 9.32. The third kappa shape index (κ3) is 6.57. The summed E-state index contributed by atoms with van der Waals surface area (Å²) in [5.74, 6) is 0.698. The van der Waals surface area contributed by atoms with Crippen molar-refractivity contribution in [2.45, 2.75) is 0 Å². The topological polar surface area (TPSA) is 34.0 Å². The lowest BCUT2D eigenvalue weighted by molar-refractivity contribution is 1.17. The lowest BCUT2D eigenvalue weighted by atomic mass is 9.99. The molecule has 4 heteroatoms. The lowest BCUT2D eigenvalue weighted by Crippen LogP contribution is -2.11. The minimum Gasteiger partial charge on any atom is -0.310 e. The van der Waals surface area contributed by atoms with E-state index in [4.69, 9.17) is 9.97 Å². The summed E-state index contributed by atoms with van der Waals surface area (Å²) in [6, 6.07) is 86.4. The molecule has 0 fully saturated rings. The van der Waals surface area contributed by atoms with Gasteiger partial charge in [-0.15, -0.1) is 0 Å². The monoisotopic (exact) mass is 816 g/mol. The largest absolute Gasteiger partial charge is 0.310 e. The van der Waals surface area contributed by atoms with Gasteiger partial charge in [-0.2, -0.15) is 0 Å². The highest BCUT2D eigenvalue weighted by molar-refractivity contribution is 6.10. The van der Waals surface area contributed by atoms with Crippen molar-refractivity contribution in [2.75, 3.05) is 4.90 Å². The molecule has 0 spiro atoms. The third-order valence-electron chi connectivity index (χ3n) is 12.4. The molecule has 4 nitrogen and oxygen atoms in total. The number of anilines is 3. The van der Waals surface area contributed by atoms with E-state index in [9.17, 15) is 0 Å². The van der Waals surface area contributed by atoms with Gasteiger partial charge >= 0.3 is 0 Å². The number of hydrogen-bond donors (Lipinski definition) is 0. The first kappa shape index (κ1) is 37.2. The highest BCUT2D eigenvalue weighted by atomic mass is 15.1. The van der Waals surface area contributed by atoms with Gasteiger partial charge in [-0.1, -0.05) is 182 Å².